The van der Waals surface area contributed by atoms with Gasteiger partial charge in [0.1, 0.15) is 5.75 Å². The third-order valence-corrected chi connectivity index (χ3v) is 6.96. The molecule has 0 unspecified atom stereocenters. The largest absolute Gasteiger partial charge is 0.495 e. The molecular weight excluding hydrogens is 444 g/mol. The summed E-state index contributed by atoms with van der Waals surface area (Å²) in [5, 5.41) is 5.85. The van der Waals surface area contributed by atoms with E-state index in [1.54, 1.807) is 42.3 Å². The molecule has 0 spiro atoms. The molecule has 2 aliphatic rings. The minimum atomic E-state index is -0.197. The summed E-state index contributed by atoms with van der Waals surface area (Å²) in [6.45, 7) is 3.89. The van der Waals surface area contributed by atoms with Gasteiger partial charge in [0.15, 0.2) is 0 Å². The van der Waals surface area contributed by atoms with Crippen molar-refractivity contribution >= 4 is 29.2 Å². The van der Waals surface area contributed by atoms with Crippen molar-refractivity contribution in [2.75, 3.05) is 37.4 Å². The first-order valence-corrected chi connectivity index (χ1v) is 12.4. The molecule has 2 aromatic carbocycles. The number of amides is 4. The van der Waals surface area contributed by atoms with E-state index in [-0.39, 0.29) is 29.8 Å². The number of ether oxygens (including phenoxy) is 1. The minimum Gasteiger partial charge on any atom is -0.495 e. The lowest BCUT2D eigenvalue weighted by atomic mass is 9.96. The van der Waals surface area contributed by atoms with Crippen LogP contribution in [0.2, 0.25) is 0 Å². The van der Waals surface area contributed by atoms with Crippen LogP contribution in [0.5, 0.6) is 5.75 Å². The van der Waals surface area contributed by atoms with E-state index in [9.17, 15) is 14.4 Å². The number of likely N-dealkylation sites (tertiary alicyclic amines) is 2. The van der Waals surface area contributed by atoms with Crippen LogP contribution in [-0.2, 0) is 4.79 Å². The van der Waals surface area contributed by atoms with Gasteiger partial charge in [0.05, 0.1) is 12.8 Å². The smallest absolute Gasteiger partial charge is 0.321 e. The molecule has 0 bridgehead atoms. The van der Waals surface area contributed by atoms with Gasteiger partial charge in [0.2, 0.25) is 5.91 Å². The fraction of sp³-hybridized carbons (Fsp3) is 0.444. The van der Waals surface area contributed by atoms with Crippen LogP contribution in [0.4, 0.5) is 16.2 Å². The van der Waals surface area contributed by atoms with Gasteiger partial charge in [-0.05, 0) is 75.4 Å². The van der Waals surface area contributed by atoms with Crippen LogP contribution in [-0.4, -0.2) is 60.4 Å². The molecule has 4 rings (SSSR count). The van der Waals surface area contributed by atoms with Gasteiger partial charge in [0.25, 0.3) is 5.91 Å². The quantitative estimate of drug-likeness (QED) is 0.658. The molecule has 0 saturated carbocycles. The van der Waals surface area contributed by atoms with Gasteiger partial charge in [-0.3, -0.25) is 9.59 Å². The van der Waals surface area contributed by atoms with Gasteiger partial charge < -0.3 is 25.2 Å². The molecule has 2 heterocycles. The molecule has 0 aromatic heterocycles. The van der Waals surface area contributed by atoms with Crippen LogP contribution in [0.25, 0.3) is 0 Å². The summed E-state index contributed by atoms with van der Waals surface area (Å²) in [6, 6.07) is 14.5. The van der Waals surface area contributed by atoms with Crippen molar-refractivity contribution in [3.05, 3.63) is 54.1 Å². The molecule has 2 N–H and O–H groups in total. The van der Waals surface area contributed by atoms with Gasteiger partial charge in [-0.1, -0.05) is 12.1 Å². The van der Waals surface area contributed by atoms with Crippen LogP contribution < -0.4 is 15.4 Å². The fourth-order valence-corrected chi connectivity index (χ4v) is 4.79. The Balaban J connectivity index is 1.26. The van der Waals surface area contributed by atoms with E-state index in [1.165, 1.54) is 6.42 Å². The number of hydrogen-bond donors (Lipinski definition) is 2. The Morgan fingerprint density at radius 2 is 1.60 bits per heavy atom. The lowest BCUT2D eigenvalue weighted by molar-refractivity contribution is -0.121. The number of carbonyl (C=O) groups is 3. The predicted octanol–water partition coefficient (Wildman–Crippen LogP) is 4.59. The Morgan fingerprint density at radius 1 is 0.886 bits per heavy atom. The Bertz CT molecular complexity index is 1050. The molecule has 186 valence electrons. The fourth-order valence-electron chi connectivity index (χ4n) is 4.79. The summed E-state index contributed by atoms with van der Waals surface area (Å²) in [5.41, 5.74) is 1.93. The van der Waals surface area contributed by atoms with Gasteiger partial charge >= 0.3 is 6.03 Å². The molecule has 2 saturated heterocycles. The summed E-state index contributed by atoms with van der Waals surface area (Å²) in [5.74, 6) is 0.448. The number of rotatable bonds is 5. The second-order valence-corrected chi connectivity index (χ2v) is 9.30. The maximum Gasteiger partial charge on any atom is 0.321 e. The minimum absolute atomic E-state index is 0.0450. The number of methoxy groups -OCH3 is 1. The first-order chi connectivity index (χ1) is 17.0. The summed E-state index contributed by atoms with van der Waals surface area (Å²) in [7, 11) is 1.57. The zero-order valence-corrected chi connectivity index (χ0v) is 20.5. The molecule has 8 nitrogen and oxygen atoms in total. The summed E-state index contributed by atoms with van der Waals surface area (Å²) in [4.78, 5) is 41.9. The number of anilines is 2. The highest BCUT2D eigenvalue weighted by Gasteiger charge is 2.28. The average molecular weight is 479 g/mol. The molecule has 2 aliphatic heterocycles. The van der Waals surface area contributed by atoms with Gasteiger partial charge in [-0.25, -0.2) is 4.79 Å². The van der Waals surface area contributed by atoms with E-state index in [2.05, 4.69) is 17.6 Å². The number of hydrogen-bond acceptors (Lipinski definition) is 4. The Hall–Kier alpha value is -3.55. The highest BCUT2D eigenvalue weighted by atomic mass is 16.5. The Morgan fingerprint density at radius 3 is 2.29 bits per heavy atom. The van der Waals surface area contributed by atoms with Crippen molar-refractivity contribution in [1.29, 1.82) is 0 Å². The van der Waals surface area contributed by atoms with Crippen LogP contribution in [0.1, 0.15) is 49.4 Å². The number of para-hydroxylation sites is 2. The summed E-state index contributed by atoms with van der Waals surface area (Å²) < 4.78 is 5.30. The standard InChI is InChI=1S/C27H34N4O4/c1-19-7-5-6-16-31(19)26(33)21-10-12-22(13-11-21)28-27(34)30-17-14-20(15-18-30)25(32)29-23-8-3-4-9-24(23)35-2/h3-4,8-13,19-20H,5-7,14-18H2,1-2H3,(H,28,34)(H,29,32)/t19-/m1/s1. The monoisotopic (exact) mass is 478 g/mol. The third-order valence-electron chi connectivity index (χ3n) is 6.96. The van der Waals surface area contributed by atoms with Crippen molar-refractivity contribution in [3.8, 4) is 5.75 Å². The number of urea groups is 1. The number of carbonyl (C=O) groups excluding carboxylic acids is 3. The molecular formula is C27H34N4O4. The van der Waals surface area contributed by atoms with Gasteiger partial charge in [-0.15, -0.1) is 0 Å². The van der Waals surface area contributed by atoms with Crippen LogP contribution in [0.15, 0.2) is 48.5 Å². The molecule has 1 atom stereocenters. The maximum atomic E-state index is 12.8. The van der Waals surface area contributed by atoms with E-state index in [1.807, 2.05) is 23.1 Å². The third kappa shape index (κ3) is 5.93. The van der Waals surface area contributed by atoms with Gasteiger partial charge in [0, 0.05) is 42.8 Å². The number of nitrogens with one attached hydrogen (secondary N) is 2. The second kappa shape index (κ2) is 11.3. The molecule has 0 radical (unpaired) electrons. The lowest BCUT2D eigenvalue weighted by Gasteiger charge is -2.33. The summed E-state index contributed by atoms with van der Waals surface area (Å²) in [6.07, 6.45) is 4.44. The van der Waals surface area contributed by atoms with E-state index < -0.39 is 0 Å². The zero-order chi connectivity index (χ0) is 24.8. The van der Waals surface area contributed by atoms with Gasteiger partial charge in [-0.2, -0.15) is 0 Å². The number of piperidine rings is 2. The zero-order valence-electron chi connectivity index (χ0n) is 20.5. The van der Waals surface area contributed by atoms with Crippen molar-refractivity contribution in [2.45, 2.75) is 45.1 Å². The first-order valence-electron chi connectivity index (χ1n) is 12.4. The van der Waals surface area contributed by atoms with Crippen molar-refractivity contribution in [1.82, 2.24) is 9.80 Å². The SMILES string of the molecule is COc1ccccc1NC(=O)C1CCN(C(=O)Nc2ccc(C(=O)N3CCCC[C@H]3C)cc2)CC1. The van der Waals surface area contributed by atoms with Crippen LogP contribution in [0, 0.1) is 5.92 Å². The predicted molar refractivity (Wildman–Crippen MR) is 136 cm³/mol. The van der Waals surface area contributed by atoms with Crippen molar-refractivity contribution in [3.63, 3.8) is 0 Å². The first kappa shape index (κ1) is 24.6. The lowest BCUT2D eigenvalue weighted by Crippen LogP contribution is -2.43. The molecule has 2 aromatic rings. The topological polar surface area (TPSA) is 91.0 Å². The van der Waals surface area contributed by atoms with Crippen molar-refractivity contribution in [2.24, 2.45) is 5.92 Å². The molecule has 4 amide bonds. The molecule has 0 aliphatic carbocycles. The number of nitrogens with zero attached hydrogens (tertiary/aromatic N) is 2. The number of benzene rings is 2. The van der Waals surface area contributed by atoms with E-state index >= 15 is 0 Å². The van der Waals surface area contributed by atoms with E-state index in [0.717, 1.165) is 19.4 Å². The summed E-state index contributed by atoms with van der Waals surface area (Å²) >= 11 is 0. The van der Waals surface area contributed by atoms with Crippen molar-refractivity contribution < 1.29 is 19.1 Å². The highest BCUT2D eigenvalue weighted by molar-refractivity contribution is 5.96. The van der Waals surface area contributed by atoms with E-state index in [0.29, 0.717) is 48.6 Å². The normalized spacial score (nSPS) is 18.6. The highest BCUT2D eigenvalue weighted by Crippen LogP contribution is 2.26. The van der Waals surface area contributed by atoms with E-state index in [4.69, 9.17) is 4.74 Å². The Labute approximate surface area is 206 Å². The maximum absolute atomic E-state index is 12.8. The molecule has 35 heavy (non-hydrogen) atoms. The second-order valence-electron chi connectivity index (χ2n) is 9.30. The van der Waals surface area contributed by atoms with Crippen LogP contribution >= 0.6 is 0 Å². The molecule has 2 fully saturated rings. The van der Waals surface area contributed by atoms with Crippen LogP contribution in [0.3, 0.4) is 0 Å². The Kier molecular flexibility index (Phi) is 7.90. The average Bonchev–Trinajstić information content (AvgIpc) is 2.89. The molecule has 8 heteroatoms.